The minimum atomic E-state index is -0.157. The van der Waals surface area contributed by atoms with Crippen LogP contribution in [0, 0.1) is 0 Å². The van der Waals surface area contributed by atoms with Crippen molar-refractivity contribution in [3.63, 3.8) is 0 Å². The Hall–Kier alpha value is -1.000. The summed E-state index contributed by atoms with van der Waals surface area (Å²) < 4.78 is 0.881. The fourth-order valence-electron chi connectivity index (χ4n) is 1.58. The highest BCUT2D eigenvalue weighted by molar-refractivity contribution is 8.25. The van der Waals surface area contributed by atoms with Crippen LogP contribution in [0.25, 0.3) is 0 Å². The quantitative estimate of drug-likeness (QED) is 0.363. The summed E-state index contributed by atoms with van der Waals surface area (Å²) in [6, 6.07) is 8.97. The monoisotopic (exact) mass is 264 g/mol. The molecule has 0 aliphatic carbocycles. The third-order valence-corrected chi connectivity index (χ3v) is 5.08. The van der Waals surface area contributed by atoms with Crippen LogP contribution >= 0.6 is 23.5 Å². The number of carbonyl (C=O) groups is 2. The fourth-order valence-corrected chi connectivity index (χ4v) is 4.22. The molecule has 2 nitrogen and oxygen atoms in total. The Labute approximate surface area is 109 Å². The van der Waals surface area contributed by atoms with Gasteiger partial charge in [-0.1, -0.05) is 30.3 Å². The molecule has 0 aromatic heterocycles. The standard InChI is InChI=1S/C13H12O2S2/c1-9(14)11(13-16-7-8-17-13)12(15)10-5-3-2-4-6-10/h2-6H,7-8H2,1H3. The molecule has 4 heteroatoms. The van der Waals surface area contributed by atoms with Crippen molar-refractivity contribution in [3.05, 3.63) is 45.7 Å². The minimum absolute atomic E-state index is 0.143. The molecule has 88 valence electrons. The molecule has 2 rings (SSSR count). The van der Waals surface area contributed by atoms with Crippen LogP contribution in [-0.4, -0.2) is 23.1 Å². The number of hydrogen-bond acceptors (Lipinski definition) is 4. The van der Waals surface area contributed by atoms with Crippen LogP contribution in [0.15, 0.2) is 40.1 Å². The average molecular weight is 264 g/mol. The van der Waals surface area contributed by atoms with Crippen LogP contribution in [-0.2, 0) is 4.79 Å². The first-order valence-corrected chi connectivity index (χ1v) is 7.28. The lowest BCUT2D eigenvalue weighted by molar-refractivity contribution is -0.113. The zero-order valence-electron chi connectivity index (χ0n) is 9.43. The van der Waals surface area contributed by atoms with Crippen LogP contribution in [0.2, 0.25) is 0 Å². The SMILES string of the molecule is CC(=O)C(C(=O)c1ccccc1)=C1SCCS1. The van der Waals surface area contributed by atoms with Crippen LogP contribution < -0.4 is 0 Å². The molecule has 17 heavy (non-hydrogen) atoms. The smallest absolute Gasteiger partial charge is 0.198 e. The molecule has 0 bridgehead atoms. The first-order valence-electron chi connectivity index (χ1n) is 5.30. The van der Waals surface area contributed by atoms with E-state index < -0.39 is 0 Å². The van der Waals surface area contributed by atoms with Crippen molar-refractivity contribution in [1.82, 2.24) is 0 Å². The maximum absolute atomic E-state index is 12.3. The number of thioether (sulfide) groups is 2. The van der Waals surface area contributed by atoms with Gasteiger partial charge in [0.15, 0.2) is 11.6 Å². The number of allylic oxidation sites excluding steroid dienone is 1. The van der Waals surface area contributed by atoms with Crippen molar-refractivity contribution in [3.8, 4) is 0 Å². The predicted octanol–water partition coefficient (Wildman–Crippen LogP) is 3.15. The van der Waals surface area contributed by atoms with Crippen molar-refractivity contribution >= 4 is 35.1 Å². The van der Waals surface area contributed by atoms with Gasteiger partial charge in [0, 0.05) is 17.1 Å². The maximum Gasteiger partial charge on any atom is 0.198 e. The van der Waals surface area contributed by atoms with E-state index >= 15 is 0 Å². The minimum Gasteiger partial charge on any atom is -0.294 e. The van der Waals surface area contributed by atoms with Gasteiger partial charge in [-0.3, -0.25) is 9.59 Å². The van der Waals surface area contributed by atoms with Gasteiger partial charge in [-0.15, -0.1) is 23.5 Å². The van der Waals surface area contributed by atoms with Gasteiger partial charge < -0.3 is 0 Å². The zero-order chi connectivity index (χ0) is 12.3. The van der Waals surface area contributed by atoms with E-state index in [0.717, 1.165) is 15.7 Å². The van der Waals surface area contributed by atoms with Crippen LogP contribution in [0.5, 0.6) is 0 Å². The number of ketones is 2. The van der Waals surface area contributed by atoms with E-state index in [4.69, 9.17) is 0 Å². The Morgan fingerprint density at radius 1 is 1.06 bits per heavy atom. The third-order valence-electron chi connectivity index (χ3n) is 2.37. The van der Waals surface area contributed by atoms with Crippen LogP contribution in [0.3, 0.4) is 0 Å². The van der Waals surface area contributed by atoms with E-state index in [9.17, 15) is 9.59 Å². The molecule has 0 radical (unpaired) electrons. The van der Waals surface area contributed by atoms with Gasteiger partial charge in [-0.25, -0.2) is 0 Å². The van der Waals surface area contributed by atoms with Crippen LogP contribution in [0.4, 0.5) is 0 Å². The second kappa shape index (κ2) is 5.56. The molecule has 1 aromatic carbocycles. The Balaban J connectivity index is 2.39. The molecule has 1 saturated heterocycles. The van der Waals surface area contributed by atoms with Crippen molar-refractivity contribution in [1.29, 1.82) is 0 Å². The summed E-state index contributed by atoms with van der Waals surface area (Å²) >= 11 is 3.21. The molecule has 0 unspecified atom stereocenters. The summed E-state index contributed by atoms with van der Waals surface area (Å²) in [6.07, 6.45) is 0. The topological polar surface area (TPSA) is 34.1 Å². The van der Waals surface area contributed by atoms with Gasteiger partial charge in [0.25, 0.3) is 0 Å². The van der Waals surface area contributed by atoms with Gasteiger partial charge >= 0.3 is 0 Å². The molecule has 0 saturated carbocycles. The Bertz CT molecular complexity index is 469. The Morgan fingerprint density at radius 3 is 2.18 bits per heavy atom. The first kappa shape index (κ1) is 12.5. The molecule has 1 aliphatic heterocycles. The second-order valence-corrected chi connectivity index (χ2v) is 6.08. The lowest BCUT2D eigenvalue weighted by atomic mass is 10.0. The normalized spacial score (nSPS) is 14.8. The first-order chi connectivity index (χ1) is 8.20. The number of hydrogen-bond donors (Lipinski definition) is 0. The summed E-state index contributed by atoms with van der Waals surface area (Å²) in [5.74, 6) is 1.64. The van der Waals surface area contributed by atoms with E-state index in [1.807, 2.05) is 18.2 Å². The van der Waals surface area contributed by atoms with E-state index in [0.29, 0.717) is 11.1 Å². The lowest BCUT2D eigenvalue weighted by Crippen LogP contribution is -2.11. The highest BCUT2D eigenvalue weighted by atomic mass is 32.2. The van der Waals surface area contributed by atoms with Crippen molar-refractivity contribution in [2.75, 3.05) is 11.5 Å². The summed E-state index contributed by atoms with van der Waals surface area (Å²) in [4.78, 5) is 23.9. The number of Topliss-reactive ketones (excluding diaryl/α,β-unsaturated/α-hetero) is 2. The molecule has 1 aromatic rings. The van der Waals surface area contributed by atoms with E-state index in [1.165, 1.54) is 6.92 Å². The number of rotatable bonds is 3. The third kappa shape index (κ3) is 2.82. The highest BCUT2D eigenvalue weighted by Gasteiger charge is 2.24. The van der Waals surface area contributed by atoms with Crippen molar-refractivity contribution in [2.45, 2.75) is 6.92 Å². The summed E-state index contributed by atoms with van der Waals surface area (Å²) in [6.45, 7) is 1.46. The fraction of sp³-hybridized carbons (Fsp3) is 0.231. The lowest BCUT2D eigenvalue weighted by Gasteiger charge is -2.06. The predicted molar refractivity (Wildman–Crippen MR) is 73.4 cm³/mol. The molecule has 0 N–H and O–H groups in total. The molecule has 0 spiro atoms. The van der Waals surface area contributed by atoms with E-state index in [2.05, 4.69) is 0 Å². The zero-order valence-corrected chi connectivity index (χ0v) is 11.1. The molecule has 1 aliphatic rings. The number of carbonyl (C=O) groups excluding carboxylic acids is 2. The second-order valence-electron chi connectivity index (χ2n) is 3.61. The summed E-state index contributed by atoms with van der Waals surface area (Å²) in [5.41, 5.74) is 0.932. The average Bonchev–Trinajstić information content (AvgIpc) is 2.83. The van der Waals surface area contributed by atoms with E-state index in [1.54, 1.807) is 35.7 Å². The van der Waals surface area contributed by atoms with Crippen LogP contribution in [0.1, 0.15) is 17.3 Å². The molecule has 1 fully saturated rings. The Kier molecular flexibility index (Phi) is 4.07. The van der Waals surface area contributed by atoms with Crippen molar-refractivity contribution < 1.29 is 9.59 Å². The number of benzene rings is 1. The molecule has 0 atom stereocenters. The van der Waals surface area contributed by atoms with Gasteiger partial charge in [-0.05, 0) is 6.92 Å². The molecular formula is C13H12O2S2. The van der Waals surface area contributed by atoms with Gasteiger partial charge in [0.1, 0.15) is 0 Å². The van der Waals surface area contributed by atoms with Gasteiger partial charge in [0.05, 0.1) is 9.81 Å². The van der Waals surface area contributed by atoms with E-state index in [-0.39, 0.29) is 11.6 Å². The summed E-state index contributed by atoms with van der Waals surface area (Å²) in [7, 11) is 0. The van der Waals surface area contributed by atoms with Gasteiger partial charge in [0.2, 0.25) is 0 Å². The molecule has 1 heterocycles. The molecule has 0 amide bonds. The Morgan fingerprint density at radius 2 is 1.65 bits per heavy atom. The molecular weight excluding hydrogens is 252 g/mol. The maximum atomic E-state index is 12.3. The largest absolute Gasteiger partial charge is 0.294 e. The van der Waals surface area contributed by atoms with Crippen molar-refractivity contribution in [2.24, 2.45) is 0 Å². The van der Waals surface area contributed by atoms with Gasteiger partial charge in [-0.2, -0.15) is 0 Å². The summed E-state index contributed by atoms with van der Waals surface area (Å²) in [5, 5.41) is 0. The highest BCUT2D eigenvalue weighted by Crippen LogP contribution is 2.39.